The van der Waals surface area contributed by atoms with Crippen LogP contribution in [0.4, 0.5) is 18.9 Å². The van der Waals surface area contributed by atoms with Crippen LogP contribution >= 0.6 is 11.8 Å². The van der Waals surface area contributed by atoms with Crippen LogP contribution in [0.5, 0.6) is 5.75 Å². The number of imidazole rings is 1. The first kappa shape index (κ1) is 28.5. The molecule has 0 aliphatic carbocycles. The number of hydrogen-bond donors (Lipinski definition) is 0. The van der Waals surface area contributed by atoms with Crippen molar-refractivity contribution in [3.8, 4) is 17.0 Å². The summed E-state index contributed by atoms with van der Waals surface area (Å²) in [5.74, 6) is 0.251. The summed E-state index contributed by atoms with van der Waals surface area (Å²) in [7, 11) is 0. The minimum atomic E-state index is -4.75. The van der Waals surface area contributed by atoms with E-state index in [0.717, 1.165) is 50.2 Å². The van der Waals surface area contributed by atoms with Crippen molar-refractivity contribution < 1.29 is 22.7 Å². The molecule has 2 aromatic heterocycles. The number of halogens is 3. The summed E-state index contributed by atoms with van der Waals surface area (Å²) in [6.07, 6.45) is -1.21. The molecule has 218 valence electrons. The Bertz CT molecular complexity index is 1910. The summed E-state index contributed by atoms with van der Waals surface area (Å²) in [5.41, 5.74) is 5.69. The van der Waals surface area contributed by atoms with Crippen molar-refractivity contribution in [1.29, 1.82) is 0 Å². The minimum absolute atomic E-state index is 0.0262. The summed E-state index contributed by atoms with van der Waals surface area (Å²) in [5, 5.41) is 11.1. The first-order chi connectivity index (χ1) is 20.6. The number of aryl methyl sites for hydroxylation is 1. The predicted octanol–water partition coefficient (Wildman–Crippen LogP) is 7.95. The Hall–Kier alpha value is -4.64. The van der Waals surface area contributed by atoms with E-state index in [4.69, 9.17) is 4.98 Å². The van der Waals surface area contributed by atoms with E-state index >= 15 is 0 Å². The van der Waals surface area contributed by atoms with E-state index in [2.05, 4.69) is 28.8 Å². The second kappa shape index (κ2) is 11.2. The molecule has 3 heterocycles. The normalized spacial score (nSPS) is 15.2. The van der Waals surface area contributed by atoms with Gasteiger partial charge in [0.1, 0.15) is 11.4 Å². The Morgan fingerprint density at radius 1 is 1.05 bits per heavy atom. The van der Waals surface area contributed by atoms with Gasteiger partial charge in [0.05, 0.1) is 29.0 Å². The average molecular weight is 602 g/mol. The number of anilines is 1. The molecule has 5 aromatic rings. The van der Waals surface area contributed by atoms with Gasteiger partial charge in [-0.3, -0.25) is 14.1 Å². The summed E-state index contributed by atoms with van der Waals surface area (Å²) in [6.45, 7) is 6.05. The van der Waals surface area contributed by atoms with Crippen LogP contribution in [-0.2, 0) is 4.79 Å². The second-order valence-electron chi connectivity index (χ2n) is 10.3. The number of carbonyl (C=O) groups is 1. The van der Waals surface area contributed by atoms with Gasteiger partial charge in [0, 0.05) is 17.1 Å². The van der Waals surface area contributed by atoms with Crippen molar-refractivity contribution in [3.05, 3.63) is 95.8 Å². The smallest absolute Gasteiger partial charge is 0.406 e. The van der Waals surface area contributed by atoms with Crippen LogP contribution < -0.4 is 9.64 Å². The maximum Gasteiger partial charge on any atom is 0.573 e. The van der Waals surface area contributed by atoms with Gasteiger partial charge in [0.25, 0.3) is 0 Å². The summed E-state index contributed by atoms with van der Waals surface area (Å²) >= 11 is 1.36. The molecule has 1 saturated heterocycles. The highest BCUT2D eigenvalue weighted by atomic mass is 32.2. The maximum absolute atomic E-state index is 12.7. The van der Waals surface area contributed by atoms with Gasteiger partial charge in [-0.2, -0.15) is 5.10 Å². The van der Waals surface area contributed by atoms with Gasteiger partial charge >= 0.3 is 6.36 Å². The molecule has 0 N–H and O–H groups in total. The third-order valence-corrected chi connectivity index (χ3v) is 8.00. The number of amidine groups is 1. The molecule has 0 radical (unpaired) electrons. The topological polar surface area (TPSA) is 71.6 Å². The number of ether oxygens (including phenoxy) is 1. The van der Waals surface area contributed by atoms with Crippen molar-refractivity contribution in [2.24, 2.45) is 10.2 Å². The quantitative estimate of drug-likeness (QED) is 0.146. The zero-order chi connectivity index (χ0) is 30.3. The van der Waals surface area contributed by atoms with E-state index in [1.54, 1.807) is 23.2 Å². The minimum Gasteiger partial charge on any atom is -0.406 e. The van der Waals surface area contributed by atoms with Crippen molar-refractivity contribution >= 4 is 51.2 Å². The first-order valence-electron chi connectivity index (χ1n) is 13.5. The Morgan fingerprint density at radius 3 is 2.56 bits per heavy atom. The number of aromatic nitrogens is 2. The molecular weight excluding hydrogens is 575 g/mol. The van der Waals surface area contributed by atoms with Crippen LogP contribution in [0.3, 0.4) is 0 Å². The Morgan fingerprint density at radius 2 is 1.81 bits per heavy atom. The molecule has 1 aliphatic rings. The van der Waals surface area contributed by atoms with E-state index in [0.29, 0.717) is 10.9 Å². The number of carbonyl (C=O) groups excluding carboxylic acids is 1. The lowest BCUT2D eigenvalue weighted by Crippen LogP contribution is -2.30. The Labute approximate surface area is 249 Å². The SMILES string of the molecule is Cc1nc2c3ccc(C=NN=C4SCC(=O)N4c4ccccc4C(C)C)cc3ccn2c1-c1ccc(OC(F)(F)F)cc1. The molecule has 6 rings (SSSR count). The zero-order valence-corrected chi connectivity index (χ0v) is 24.3. The first-order valence-corrected chi connectivity index (χ1v) is 14.5. The summed E-state index contributed by atoms with van der Waals surface area (Å²) < 4.78 is 43.6. The number of rotatable bonds is 6. The fourth-order valence-corrected chi connectivity index (χ4v) is 6.01. The number of para-hydroxylation sites is 1. The van der Waals surface area contributed by atoms with Crippen molar-refractivity contribution in [2.75, 3.05) is 10.7 Å². The van der Waals surface area contributed by atoms with Gasteiger partial charge in [-0.05, 0) is 77.9 Å². The highest BCUT2D eigenvalue weighted by molar-refractivity contribution is 8.15. The number of pyridine rings is 1. The fraction of sp³-hybridized carbons (Fsp3) is 0.188. The molecule has 1 amide bonds. The summed E-state index contributed by atoms with van der Waals surface area (Å²) in [4.78, 5) is 19.2. The molecule has 0 atom stereocenters. The van der Waals surface area contributed by atoms with E-state index in [1.807, 2.05) is 66.1 Å². The molecule has 1 aliphatic heterocycles. The average Bonchev–Trinajstić information content (AvgIpc) is 3.51. The number of hydrogen-bond acceptors (Lipinski definition) is 6. The fourth-order valence-electron chi connectivity index (χ4n) is 5.20. The molecule has 0 bridgehead atoms. The Kier molecular flexibility index (Phi) is 7.43. The standard InChI is InChI=1S/C32H26F3N5O2S/c1-19(2)25-6-4-5-7-27(25)40-28(41)18-43-31(40)38-36-17-21-8-13-26-23(16-21)14-15-39-29(20(3)37-30(26)39)22-9-11-24(12-10-22)42-32(33,34)35/h4-17,19H,18H2,1-3H3. The van der Waals surface area contributed by atoms with Crippen LogP contribution in [0.15, 0.2) is 89.2 Å². The zero-order valence-electron chi connectivity index (χ0n) is 23.5. The van der Waals surface area contributed by atoms with Crippen LogP contribution in [-0.4, -0.2) is 38.8 Å². The third kappa shape index (κ3) is 5.72. The molecule has 1 fully saturated rings. The molecule has 0 unspecified atom stereocenters. The molecule has 11 heteroatoms. The van der Waals surface area contributed by atoms with Crippen molar-refractivity contribution in [3.63, 3.8) is 0 Å². The van der Waals surface area contributed by atoms with E-state index in [9.17, 15) is 18.0 Å². The molecule has 0 spiro atoms. The van der Waals surface area contributed by atoms with E-state index in [-0.39, 0.29) is 17.6 Å². The monoisotopic (exact) mass is 601 g/mol. The largest absolute Gasteiger partial charge is 0.573 e. The molecular formula is C32H26F3N5O2S. The van der Waals surface area contributed by atoms with Gasteiger partial charge in [-0.25, -0.2) is 4.98 Å². The molecule has 3 aromatic carbocycles. The Balaban J connectivity index is 1.28. The highest BCUT2D eigenvalue weighted by Gasteiger charge is 2.32. The van der Waals surface area contributed by atoms with Crippen LogP contribution in [0, 0.1) is 6.92 Å². The van der Waals surface area contributed by atoms with Gasteiger partial charge in [0.2, 0.25) is 5.91 Å². The van der Waals surface area contributed by atoms with Gasteiger partial charge < -0.3 is 4.74 Å². The van der Waals surface area contributed by atoms with E-state index in [1.165, 1.54) is 23.9 Å². The van der Waals surface area contributed by atoms with E-state index < -0.39 is 6.36 Å². The number of fused-ring (bicyclic) bond motifs is 3. The lowest BCUT2D eigenvalue weighted by molar-refractivity contribution is -0.274. The second-order valence-corrected chi connectivity index (χ2v) is 11.3. The molecule has 43 heavy (non-hydrogen) atoms. The number of alkyl halides is 3. The van der Waals surface area contributed by atoms with Crippen LogP contribution in [0.1, 0.15) is 36.6 Å². The van der Waals surface area contributed by atoms with Gasteiger partial charge in [-0.15, -0.1) is 18.3 Å². The van der Waals surface area contributed by atoms with Gasteiger partial charge in [0.15, 0.2) is 5.17 Å². The summed E-state index contributed by atoms with van der Waals surface area (Å²) in [6, 6.07) is 21.4. The third-order valence-electron chi connectivity index (χ3n) is 7.08. The van der Waals surface area contributed by atoms with Crippen LogP contribution in [0.2, 0.25) is 0 Å². The number of nitrogens with zero attached hydrogens (tertiary/aromatic N) is 5. The highest BCUT2D eigenvalue weighted by Crippen LogP contribution is 2.34. The number of amides is 1. The predicted molar refractivity (Wildman–Crippen MR) is 165 cm³/mol. The van der Waals surface area contributed by atoms with Crippen LogP contribution in [0.25, 0.3) is 27.7 Å². The van der Waals surface area contributed by atoms with Gasteiger partial charge in [-0.1, -0.05) is 49.9 Å². The lowest BCUT2D eigenvalue weighted by atomic mass is 10.0. The number of thioether (sulfide) groups is 1. The molecule has 7 nitrogen and oxygen atoms in total. The number of benzene rings is 3. The lowest BCUT2D eigenvalue weighted by Gasteiger charge is -2.20. The van der Waals surface area contributed by atoms with Crippen molar-refractivity contribution in [2.45, 2.75) is 33.1 Å². The van der Waals surface area contributed by atoms with Crippen molar-refractivity contribution in [1.82, 2.24) is 9.38 Å². The molecule has 0 saturated carbocycles. The maximum atomic E-state index is 12.7.